The molecule has 2 heterocycles. The molecule has 3 rings (SSSR count). The molecule has 112 valence electrons. The van der Waals surface area contributed by atoms with E-state index >= 15 is 0 Å². The number of thioether (sulfide) groups is 1. The van der Waals surface area contributed by atoms with Crippen molar-refractivity contribution in [3.63, 3.8) is 0 Å². The summed E-state index contributed by atoms with van der Waals surface area (Å²) in [5, 5.41) is 0.925. The van der Waals surface area contributed by atoms with Gasteiger partial charge in [0.05, 0.1) is 5.75 Å². The van der Waals surface area contributed by atoms with E-state index < -0.39 is 0 Å². The second kappa shape index (κ2) is 6.62. The first kappa shape index (κ1) is 14.6. The van der Waals surface area contributed by atoms with Crippen molar-refractivity contribution in [2.75, 3.05) is 25.4 Å². The molecule has 1 aromatic rings. The molecule has 0 saturated carbocycles. The predicted molar refractivity (Wildman–Crippen MR) is 87.4 cm³/mol. The second-order valence-corrected chi connectivity index (χ2v) is 6.64. The molecule has 0 aliphatic carbocycles. The maximum Gasteiger partial charge on any atom is 0.258 e. The van der Waals surface area contributed by atoms with Crippen LogP contribution in [0.15, 0.2) is 35.3 Å². The van der Waals surface area contributed by atoms with Gasteiger partial charge in [0, 0.05) is 32.2 Å². The molecule has 5 heteroatoms. The van der Waals surface area contributed by atoms with Crippen LogP contribution in [0.1, 0.15) is 18.9 Å². The Kier molecular flexibility index (Phi) is 4.60. The van der Waals surface area contributed by atoms with E-state index in [0.29, 0.717) is 11.8 Å². The van der Waals surface area contributed by atoms with Crippen molar-refractivity contribution in [2.45, 2.75) is 25.9 Å². The lowest BCUT2D eigenvalue weighted by atomic mass is 10.2. The van der Waals surface area contributed by atoms with Crippen molar-refractivity contribution >= 4 is 22.8 Å². The molecule has 4 nitrogen and oxygen atoms in total. The van der Waals surface area contributed by atoms with Gasteiger partial charge in [-0.1, -0.05) is 42.1 Å². The Morgan fingerprint density at radius 2 is 2.10 bits per heavy atom. The Balaban J connectivity index is 1.64. The van der Waals surface area contributed by atoms with E-state index in [0.717, 1.165) is 37.8 Å². The molecular formula is C16H21N3OS. The average Bonchev–Trinajstić information content (AvgIpc) is 2.81. The SMILES string of the molecule is CC1CN(Cc2ccccc2)CCCN1C1=NC(=O)CS1. The molecule has 21 heavy (non-hydrogen) atoms. The molecule has 2 aliphatic heterocycles. The van der Waals surface area contributed by atoms with Crippen LogP contribution < -0.4 is 0 Å². The minimum absolute atomic E-state index is 0.00703. The Hall–Kier alpha value is -1.33. The van der Waals surface area contributed by atoms with Crippen LogP contribution in [0.2, 0.25) is 0 Å². The molecule has 0 spiro atoms. The zero-order chi connectivity index (χ0) is 14.7. The number of hydrogen-bond donors (Lipinski definition) is 0. The summed E-state index contributed by atoms with van der Waals surface area (Å²) in [5.74, 6) is 0.513. The quantitative estimate of drug-likeness (QED) is 0.839. The summed E-state index contributed by atoms with van der Waals surface area (Å²) in [5.41, 5.74) is 1.36. The van der Waals surface area contributed by atoms with E-state index in [1.54, 1.807) is 11.8 Å². The van der Waals surface area contributed by atoms with Gasteiger partial charge in [-0.25, -0.2) is 0 Å². The van der Waals surface area contributed by atoms with Crippen LogP contribution in [0.5, 0.6) is 0 Å². The van der Waals surface area contributed by atoms with Crippen molar-refractivity contribution in [3.8, 4) is 0 Å². The molecule has 1 saturated heterocycles. The van der Waals surface area contributed by atoms with Crippen LogP contribution >= 0.6 is 11.8 Å². The topological polar surface area (TPSA) is 35.9 Å². The standard InChI is InChI=1S/C16H21N3OS/c1-13-10-18(11-14-6-3-2-4-7-14)8-5-9-19(13)16-17-15(20)12-21-16/h2-4,6-7,13H,5,8-12H2,1H3. The lowest BCUT2D eigenvalue weighted by Gasteiger charge is -2.29. The number of nitrogens with zero attached hydrogens (tertiary/aromatic N) is 3. The van der Waals surface area contributed by atoms with E-state index in [2.05, 4.69) is 52.0 Å². The van der Waals surface area contributed by atoms with Gasteiger partial charge < -0.3 is 4.90 Å². The fourth-order valence-electron chi connectivity index (χ4n) is 2.96. The summed E-state index contributed by atoms with van der Waals surface area (Å²) in [6, 6.07) is 11.0. The smallest absolute Gasteiger partial charge is 0.258 e. The van der Waals surface area contributed by atoms with E-state index in [1.807, 2.05) is 0 Å². The molecular weight excluding hydrogens is 282 g/mol. The summed E-state index contributed by atoms with van der Waals surface area (Å²) >= 11 is 1.58. The molecule has 2 aliphatic rings. The van der Waals surface area contributed by atoms with Crippen LogP contribution in [-0.4, -0.2) is 52.3 Å². The Morgan fingerprint density at radius 1 is 1.29 bits per heavy atom. The number of amides is 1. The summed E-state index contributed by atoms with van der Waals surface area (Å²) in [7, 11) is 0. The lowest BCUT2D eigenvalue weighted by molar-refractivity contribution is -0.115. The largest absolute Gasteiger partial charge is 0.347 e. The van der Waals surface area contributed by atoms with Crippen molar-refractivity contribution in [2.24, 2.45) is 4.99 Å². The molecule has 0 bridgehead atoms. The third-order valence-electron chi connectivity index (χ3n) is 3.97. The summed E-state index contributed by atoms with van der Waals surface area (Å²) < 4.78 is 0. The summed E-state index contributed by atoms with van der Waals surface area (Å²) in [6.45, 7) is 6.34. The summed E-state index contributed by atoms with van der Waals surface area (Å²) in [4.78, 5) is 20.3. The van der Waals surface area contributed by atoms with E-state index in [9.17, 15) is 4.79 Å². The van der Waals surface area contributed by atoms with Crippen molar-refractivity contribution in [3.05, 3.63) is 35.9 Å². The molecule has 1 aromatic carbocycles. The predicted octanol–water partition coefficient (Wildman–Crippen LogP) is 2.21. The normalized spacial score (nSPS) is 24.0. The van der Waals surface area contributed by atoms with Gasteiger partial charge >= 0.3 is 0 Å². The number of rotatable bonds is 2. The van der Waals surface area contributed by atoms with Gasteiger partial charge in [0.25, 0.3) is 5.91 Å². The Bertz CT molecular complexity index is 532. The lowest BCUT2D eigenvalue weighted by Crippen LogP contribution is -2.41. The van der Waals surface area contributed by atoms with Crippen molar-refractivity contribution in [1.82, 2.24) is 9.80 Å². The molecule has 1 amide bonds. The van der Waals surface area contributed by atoms with Crippen LogP contribution in [-0.2, 0) is 11.3 Å². The summed E-state index contributed by atoms with van der Waals surface area (Å²) in [6.07, 6.45) is 1.12. The minimum atomic E-state index is 0.00703. The number of aliphatic imine (C=N–C) groups is 1. The third-order valence-corrected chi connectivity index (χ3v) is 4.94. The highest BCUT2D eigenvalue weighted by Crippen LogP contribution is 2.22. The maximum atomic E-state index is 11.3. The first-order valence-electron chi connectivity index (χ1n) is 7.49. The van der Waals surface area contributed by atoms with Gasteiger partial charge in [0.1, 0.15) is 0 Å². The molecule has 0 N–H and O–H groups in total. The fraction of sp³-hybridized carbons (Fsp3) is 0.500. The molecule has 1 atom stereocenters. The van der Waals surface area contributed by atoms with Crippen molar-refractivity contribution < 1.29 is 4.79 Å². The van der Waals surface area contributed by atoms with Gasteiger partial charge in [-0.05, 0) is 18.9 Å². The Morgan fingerprint density at radius 3 is 2.81 bits per heavy atom. The van der Waals surface area contributed by atoms with Crippen LogP contribution in [0.25, 0.3) is 0 Å². The second-order valence-electron chi connectivity index (χ2n) is 5.69. The first-order valence-corrected chi connectivity index (χ1v) is 8.48. The average molecular weight is 303 g/mol. The van der Waals surface area contributed by atoms with Gasteiger partial charge in [-0.2, -0.15) is 4.99 Å². The number of carbonyl (C=O) groups is 1. The van der Waals surface area contributed by atoms with Crippen LogP contribution in [0, 0.1) is 0 Å². The maximum absolute atomic E-state index is 11.3. The van der Waals surface area contributed by atoms with Gasteiger partial charge in [0.2, 0.25) is 0 Å². The van der Waals surface area contributed by atoms with Crippen LogP contribution in [0.4, 0.5) is 0 Å². The van der Waals surface area contributed by atoms with Crippen LogP contribution in [0.3, 0.4) is 0 Å². The molecule has 1 unspecified atom stereocenters. The third kappa shape index (κ3) is 3.66. The van der Waals surface area contributed by atoms with Gasteiger partial charge in [-0.15, -0.1) is 0 Å². The molecule has 1 fully saturated rings. The van der Waals surface area contributed by atoms with E-state index in [1.165, 1.54) is 5.56 Å². The van der Waals surface area contributed by atoms with Gasteiger partial charge in [0.15, 0.2) is 5.17 Å². The monoisotopic (exact) mass is 303 g/mol. The van der Waals surface area contributed by atoms with E-state index in [-0.39, 0.29) is 5.91 Å². The number of carbonyl (C=O) groups excluding carboxylic acids is 1. The first-order chi connectivity index (χ1) is 10.2. The Labute approximate surface area is 130 Å². The highest BCUT2D eigenvalue weighted by molar-refractivity contribution is 8.14. The number of hydrogen-bond acceptors (Lipinski definition) is 4. The minimum Gasteiger partial charge on any atom is -0.347 e. The van der Waals surface area contributed by atoms with E-state index in [4.69, 9.17) is 0 Å². The number of benzene rings is 1. The van der Waals surface area contributed by atoms with Crippen molar-refractivity contribution in [1.29, 1.82) is 0 Å². The highest BCUT2D eigenvalue weighted by Gasteiger charge is 2.27. The molecule has 0 radical (unpaired) electrons. The fourth-order valence-corrected chi connectivity index (χ4v) is 3.88. The zero-order valence-electron chi connectivity index (χ0n) is 12.4. The number of amidine groups is 1. The highest BCUT2D eigenvalue weighted by atomic mass is 32.2. The van der Waals surface area contributed by atoms with Gasteiger partial charge in [-0.3, -0.25) is 9.69 Å². The molecule has 0 aromatic heterocycles. The zero-order valence-corrected chi connectivity index (χ0v) is 13.2.